The maximum absolute atomic E-state index is 12.3. The Morgan fingerprint density at radius 3 is 2.52 bits per heavy atom. The van der Waals surface area contributed by atoms with E-state index in [0.717, 1.165) is 31.8 Å². The lowest BCUT2D eigenvalue weighted by Gasteiger charge is -2.30. The minimum Gasteiger partial charge on any atom is -0.313 e. The van der Waals surface area contributed by atoms with Gasteiger partial charge < -0.3 is 5.32 Å². The molecule has 1 aliphatic rings. The van der Waals surface area contributed by atoms with E-state index < -0.39 is 19.9 Å². The third-order valence-electron chi connectivity index (χ3n) is 3.47. The number of rotatable bonds is 4. The average Bonchev–Trinajstić information content (AvgIpc) is 2.40. The zero-order valence-corrected chi connectivity index (χ0v) is 13.5. The van der Waals surface area contributed by atoms with Crippen LogP contribution in [0.3, 0.4) is 0 Å². The van der Waals surface area contributed by atoms with Gasteiger partial charge in [-0.2, -0.15) is 0 Å². The number of sulfone groups is 1. The fourth-order valence-corrected chi connectivity index (χ4v) is 4.07. The van der Waals surface area contributed by atoms with Gasteiger partial charge in [-0.1, -0.05) is 0 Å². The van der Waals surface area contributed by atoms with Crippen molar-refractivity contribution in [2.75, 3.05) is 12.8 Å². The first-order valence-corrected chi connectivity index (χ1v) is 9.99. The van der Waals surface area contributed by atoms with Crippen LogP contribution in [0.4, 0.5) is 0 Å². The van der Waals surface area contributed by atoms with Crippen LogP contribution in [-0.4, -0.2) is 46.7 Å². The quantitative estimate of drug-likeness (QED) is 0.797. The molecule has 0 aliphatic carbocycles. The standard InChI is InChI=1S/C12H19N3O4S2/c1-9-11(4-3-7-13-9)15-21(18,19)10-5-6-12(14-8-10)20(2,16)17/h5-6,8-9,11,13,15H,3-4,7H2,1-2H3. The largest absolute Gasteiger partial charge is 0.313 e. The Morgan fingerprint density at radius 1 is 1.29 bits per heavy atom. The summed E-state index contributed by atoms with van der Waals surface area (Å²) >= 11 is 0. The van der Waals surface area contributed by atoms with Crippen molar-refractivity contribution in [3.8, 4) is 0 Å². The van der Waals surface area contributed by atoms with E-state index in [1.807, 2.05) is 6.92 Å². The summed E-state index contributed by atoms with van der Waals surface area (Å²) in [6.45, 7) is 2.81. The molecule has 1 aliphatic heterocycles. The molecule has 0 radical (unpaired) electrons. The van der Waals surface area contributed by atoms with Crippen LogP contribution in [0.1, 0.15) is 19.8 Å². The second-order valence-electron chi connectivity index (χ2n) is 5.22. The molecular formula is C12H19N3O4S2. The molecule has 1 aromatic heterocycles. The molecule has 118 valence electrons. The summed E-state index contributed by atoms with van der Waals surface area (Å²) in [4.78, 5) is 3.67. The first kappa shape index (κ1) is 16.3. The predicted octanol–water partition coefficient (Wildman–Crippen LogP) is -0.0961. The highest BCUT2D eigenvalue weighted by atomic mass is 32.2. The van der Waals surface area contributed by atoms with Crippen molar-refractivity contribution in [1.82, 2.24) is 15.0 Å². The Balaban J connectivity index is 2.19. The SMILES string of the molecule is CC1NCCCC1NS(=O)(=O)c1ccc(S(C)(=O)=O)nc1. The summed E-state index contributed by atoms with van der Waals surface area (Å²) < 4.78 is 49.8. The Labute approximate surface area is 125 Å². The highest BCUT2D eigenvalue weighted by molar-refractivity contribution is 7.90. The van der Waals surface area contributed by atoms with Crippen LogP contribution in [0.15, 0.2) is 28.3 Å². The second-order valence-corrected chi connectivity index (χ2v) is 8.89. The molecule has 0 bridgehead atoms. The van der Waals surface area contributed by atoms with E-state index >= 15 is 0 Å². The molecule has 0 spiro atoms. The van der Waals surface area contributed by atoms with Crippen LogP contribution in [0.5, 0.6) is 0 Å². The van der Waals surface area contributed by atoms with Crippen LogP contribution in [0.25, 0.3) is 0 Å². The Hall–Kier alpha value is -1.03. The summed E-state index contributed by atoms with van der Waals surface area (Å²) in [7, 11) is -7.14. The number of aromatic nitrogens is 1. The number of piperidine rings is 1. The molecular weight excluding hydrogens is 314 g/mol. The van der Waals surface area contributed by atoms with Crippen LogP contribution in [0, 0.1) is 0 Å². The van der Waals surface area contributed by atoms with E-state index in [0.29, 0.717) is 0 Å². The topological polar surface area (TPSA) is 105 Å². The van der Waals surface area contributed by atoms with Gasteiger partial charge in [-0.15, -0.1) is 0 Å². The number of sulfonamides is 1. The lowest BCUT2D eigenvalue weighted by molar-refractivity contribution is 0.349. The van der Waals surface area contributed by atoms with Crippen molar-refractivity contribution < 1.29 is 16.8 Å². The van der Waals surface area contributed by atoms with Gasteiger partial charge in [0.1, 0.15) is 4.90 Å². The highest BCUT2D eigenvalue weighted by Gasteiger charge is 2.26. The van der Waals surface area contributed by atoms with E-state index in [1.54, 1.807) is 0 Å². The van der Waals surface area contributed by atoms with Crippen molar-refractivity contribution in [3.05, 3.63) is 18.3 Å². The van der Waals surface area contributed by atoms with Crippen LogP contribution < -0.4 is 10.0 Å². The molecule has 9 heteroatoms. The van der Waals surface area contributed by atoms with Crippen molar-refractivity contribution in [1.29, 1.82) is 0 Å². The maximum Gasteiger partial charge on any atom is 0.242 e. The van der Waals surface area contributed by atoms with E-state index in [4.69, 9.17) is 0 Å². The number of hydrogen-bond donors (Lipinski definition) is 2. The van der Waals surface area contributed by atoms with Gasteiger partial charge in [-0.3, -0.25) is 0 Å². The number of hydrogen-bond acceptors (Lipinski definition) is 6. The molecule has 0 amide bonds. The molecule has 2 atom stereocenters. The number of pyridine rings is 1. The molecule has 1 fully saturated rings. The molecule has 1 aromatic rings. The molecule has 2 N–H and O–H groups in total. The van der Waals surface area contributed by atoms with E-state index in [9.17, 15) is 16.8 Å². The lowest BCUT2D eigenvalue weighted by atomic mass is 10.0. The normalized spacial score (nSPS) is 23.9. The van der Waals surface area contributed by atoms with Crippen molar-refractivity contribution in [2.24, 2.45) is 0 Å². The number of nitrogens with zero attached hydrogens (tertiary/aromatic N) is 1. The van der Waals surface area contributed by atoms with Crippen molar-refractivity contribution >= 4 is 19.9 Å². The molecule has 0 aromatic carbocycles. The fourth-order valence-electron chi connectivity index (χ4n) is 2.22. The first-order valence-electron chi connectivity index (χ1n) is 6.62. The Bertz CT molecular complexity index is 699. The zero-order chi connectivity index (χ0) is 15.7. The summed E-state index contributed by atoms with van der Waals surface area (Å²) in [5, 5.41) is 3.07. The van der Waals surface area contributed by atoms with E-state index in [2.05, 4.69) is 15.0 Å². The van der Waals surface area contributed by atoms with Gasteiger partial charge >= 0.3 is 0 Å². The van der Waals surface area contributed by atoms with Gasteiger partial charge in [0.25, 0.3) is 0 Å². The van der Waals surface area contributed by atoms with Gasteiger partial charge in [0.05, 0.1) is 0 Å². The fraction of sp³-hybridized carbons (Fsp3) is 0.583. The van der Waals surface area contributed by atoms with Crippen LogP contribution >= 0.6 is 0 Å². The molecule has 21 heavy (non-hydrogen) atoms. The summed E-state index contributed by atoms with van der Waals surface area (Å²) in [5.74, 6) is 0. The van der Waals surface area contributed by atoms with Crippen molar-refractivity contribution in [3.63, 3.8) is 0 Å². The lowest BCUT2D eigenvalue weighted by Crippen LogP contribution is -2.51. The third-order valence-corrected chi connectivity index (χ3v) is 5.94. The van der Waals surface area contributed by atoms with Gasteiger partial charge in [0.15, 0.2) is 14.9 Å². The average molecular weight is 333 g/mol. The molecule has 1 saturated heterocycles. The Morgan fingerprint density at radius 2 is 2.00 bits per heavy atom. The molecule has 0 saturated carbocycles. The number of nitrogens with one attached hydrogen (secondary N) is 2. The molecule has 2 heterocycles. The van der Waals surface area contributed by atoms with Gasteiger partial charge in [0.2, 0.25) is 10.0 Å². The molecule has 7 nitrogen and oxygen atoms in total. The van der Waals surface area contributed by atoms with Crippen LogP contribution in [-0.2, 0) is 19.9 Å². The summed E-state index contributed by atoms with van der Waals surface area (Å²) in [6.07, 6.45) is 3.77. The first-order chi connectivity index (χ1) is 9.70. The highest BCUT2D eigenvalue weighted by Crippen LogP contribution is 2.15. The smallest absolute Gasteiger partial charge is 0.242 e. The van der Waals surface area contributed by atoms with Gasteiger partial charge in [-0.25, -0.2) is 26.5 Å². The van der Waals surface area contributed by atoms with Gasteiger partial charge in [-0.05, 0) is 38.4 Å². The summed E-state index contributed by atoms with van der Waals surface area (Å²) in [5.41, 5.74) is 0. The zero-order valence-electron chi connectivity index (χ0n) is 11.9. The third kappa shape index (κ3) is 4.00. The minimum atomic E-state index is -3.70. The van der Waals surface area contributed by atoms with E-state index in [1.165, 1.54) is 12.1 Å². The molecule has 2 unspecified atom stereocenters. The monoisotopic (exact) mass is 333 g/mol. The minimum absolute atomic E-state index is 0.0346. The van der Waals surface area contributed by atoms with Crippen molar-refractivity contribution in [2.45, 2.75) is 41.8 Å². The predicted molar refractivity (Wildman–Crippen MR) is 78.2 cm³/mol. The van der Waals surface area contributed by atoms with Crippen LogP contribution in [0.2, 0.25) is 0 Å². The molecule has 2 rings (SSSR count). The summed E-state index contributed by atoms with van der Waals surface area (Å²) in [6, 6.07) is 2.33. The second kappa shape index (κ2) is 5.99. The van der Waals surface area contributed by atoms with E-state index in [-0.39, 0.29) is 22.0 Å². The maximum atomic E-state index is 12.3. The van der Waals surface area contributed by atoms with Gasteiger partial charge in [0, 0.05) is 24.5 Å². The Kier molecular flexibility index (Phi) is 4.66.